The van der Waals surface area contributed by atoms with Gasteiger partial charge in [-0.3, -0.25) is 4.79 Å². The number of methoxy groups -OCH3 is 1. The van der Waals surface area contributed by atoms with E-state index in [1.807, 2.05) is 11.5 Å². The average Bonchev–Trinajstić information content (AvgIpc) is 3.08. The highest BCUT2D eigenvalue weighted by Gasteiger charge is 2.20. The van der Waals surface area contributed by atoms with Crippen molar-refractivity contribution in [3.05, 3.63) is 58.4 Å². The number of hydrogen-bond acceptors (Lipinski definition) is 6. The van der Waals surface area contributed by atoms with Gasteiger partial charge in [0.15, 0.2) is 14.6 Å². The molecule has 1 heterocycles. The van der Waals surface area contributed by atoms with Crippen LogP contribution < -0.4 is 4.80 Å². The summed E-state index contributed by atoms with van der Waals surface area (Å²) in [6.45, 7) is 5.70. The Morgan fingerprint density at radius 2 is 1.87 bits per heavy atom. The number of sulfone groups is 1. The lowest BCUT2D eigenvalue weighted by Gasteiger charge is -2.08. The van der Waals surface area contributed by atoms with Crippen molar-refractivity contribution in [3.63, 3.8) is 0 Å². The van der Waals surface area contributed by atoms with Crippen LogP contribution in [0.2, 0.25) is 0 Å². The van der Waals surface area contributed by atoms with Gasteiger partial charge in [0.25, 0.3) is 5.91 Å². The standard InChI is InChI=1S/C21H22N2O5S2/c1-5-23-17-10-9-15(20(25)28-4)12-18(17)29-21(23)22-19(24)14-7-6-8-16(11-14)30(26,27)13(2)3/h6-13H,5H2,1-4H3. The van der Waals surface area contributed by atoms with Crippen LogP contribution in [0.15, 0.2) is 52.4 Å². The fraction of sp³-hybridized carbons (Fsp3) is 0.286. The van der Waals surface area contributed by atoms with E-state index in [-0.39, 0.29) is 10.5 Å². The molecule has 0 saturated heterocycles. The van der Waals surface area contributed by atoms with E-state index >= 15 is 0 Å². The van der Waals surface area contributed by atoms with Crippen LogP contribution in [0, 0.1) is 0 Å². The number of nitrogens with zero attached hydrogens (tertiary/aromatic N) is 2. The summed E-state index contributed by atoms with van der Waals surface area (Å²) in [5.74, 6) is -0.969. The van der Waals surface area contributed by atoms with Gasteiger partial charge in [-0.05, 0) is 57.2 Å². The molecule has 1 amide bonds. The second-order valence-corrected chi connectivity index (χ2v) is 10.4. The molecule has 0 saturated carbocycles. The van der Waals surface area contributed by atoms with Gasteiger partial charge >= 0.3 is 5.97 Å². The van der Waals surface area contributed by atoms with Crippen LogP contribution in [0.3, 0.4) is 0 Å². The van der Waals surface area contributed by atoms with E-state index in [2.05, 4.69) is 4.99 Å². The predicted octanol–water partition coefficient (Wildman–Crippen LogP) is 3.43. The number of benzene rings is 2. The molecule has 9 heteroatoms. The number of amides is 1. The highest BCUT2D eigenvalue weighted by molar-refractivity contribution is 7.92. The first-order valence-corrected chi connectivity index (χ1v) is 11.7. The van der Waals surface area contributed by atoms with Gasteiger partial charge in [0.05, 0.1) is 33.0 Å². The van der Waals surface area contributed by atoms with Crippen molar-refractivity contribution in [1.82, 2.24) is 4.57 Å². The first-order valence-electron chi connectivity index (χ1n) is 9.33. The Bertz CT molecular complexity index is 1300. The van der Waals surface area contributed by atoms with Crippen LogP contribution >= 0.6 is 11.3 Å². The van der Waals surface area contributed by atoms with Crippen molar-refractivity contribution in [3.8, 4) is 0 Å². The smallest absolute Gasteiger partial charge is 0.337 e. The Hall–Kier alpha value is -2.78. The van der Waals surface area contributed by atoms with E-state index in [0.29, 0.717) is 16.9 Å². The number of carbonyl (C=O) groups excluding carboxylic acids is 2. The molecule has 0 aliphatic rings. The van der Waals surface area contributed by atoms with Crippen molar-refractivity contribution in [2.24, 2.45) is 4.99 Å². The number of carbonyl (C=O) groups is 2. The van der Waals surface area contributed by atoms with E-state index in [9.17, 15) is 18.0 Å². The van der Waals surface area contributed by atoms with Crippen LogP contribution in [0.25, 0.3) is 10.2 Å². The molecule has 7 nitrogen and oxygen atoms in total. The fourth-order valence-corrected chi connectivity index (χ4v) is 5.17. The summed E-state index contributed by atoms with van der Waals surface area (Å²) in [5.41, 5.74) is 1.46. The average molecular weight is 447 g/mol. The molecule has 0 aliphatic carbocycles. The quantitative estimate of drug-likeness (QED) is 0.560. The zero-order valence-corrected chi connectivity index (χ0v) is 18.7. The third kappa shape index (κ3) is 4.08. The molecule has 30 heavy (non-hydrogen) atoms. The third-order valence-electron chi connectivity index (χ3n) is 4.65. The van der Waals surface area contributed by atoms with Crippen molar-refractivity contribution >= 4 is 43.3 Å². The lowest BCUT2D eigenvalue weighted by atomic mass is 10.2. The summed E-state index contributed by atoms with van der Waals surface area (Å²) >= 11 is 1.28. The monoisotopic (exact) mass is 446 g/mol. The van der Waals surface area contributed by atoms with E-state index in [1.54, 1.807) is 44.2 Å². The van der Waals surface area contributed by atoms with E-state index in [4.69, 9.17) is 4.74 Å². The predicted molar refractivity (Wildman–Crippen MR) is 115 cm³/mol. The van der Waals surface area contributed by atoms with Gasteiger partial charge in [-0.1, -0.05) is 17.4 Å². The molecule has 2 aromatic carbocycles. The Morgan fingerprint density at radius 1 is 1.13 bits per heavy atom. The minimum atomic E-state index is -3.49. The maximum atomic E-state index is 12.8. The molecular weight excluding hydrogens is 424 g/mol. The molecule has 0 N–H and O–H groups in total. The van der Waals surface area contributed by atoms with Gasteiger partial charge in [0.1, 0.15) is 0 Å². The SMILES string of the molecule is CCn1c(=NC(=O)c2cccc(S(=O)(=O)C(C)C)c2)sc2cc(C(=O)OC)ccc21. The van der Waals surface area contributed by atoms with E-state index < -0.39 is 27.0 Å². The normalized spacial score (nSPS) is 12.5. The molecule has 0 atom stereocenters. The molecule has 158 valence electrons. The molecule has 0 fully saturated rings. The van der Waals surface area contributed by atoms with E-state index in [1.165, 1.54) is 30.6 Å². The molecule has 0 bridgehead atoms. The molecule has 0 spiro atoms. The topological polar surface area (TPSA) is 94.8 Å². The second kappa shape index (κ2) is 8.53. The zero-order valence-electron chi connectivity index (χ0n) is 17.1. The first-order chi connectivity index (χ1) is 14.2. The van der Waals surface area contributed by atoms with Crippen molar-refractivity contribution in [2.45, 2.75) is 37.5 Å². The van der Waals surface area contributed by atoms with Crippen LogP contribution in [0.1, 0.15) is 41.5 Å². The molecule has 3 aromatic rings. The lowest BCUT2D eigenvalue weighted by molar-refractivity contribution is 0.0600. The van der Waals surface area contributed by atoms with Crippen LogP contribution in [0.4, 0.5) is 0 Å². The summed E-state index contributed by atoms with van der Waals surface area (Å²) in [5, 5.41) is -0.589. The molecule has 1 aromatic heterocycles. The molecule has 0 unspecified atom stereocenters. The Morgan fingerprint density at radius 3 is 2.50 bits per heavy atom. The number of aromatic nitrogens is 1. The lowest BCUT2D eigenvalue weighted by Crippen LogP contribution is -2.17. The number of hydrogen-bond donors (Lipinski definition) is 0. The maximum Gasteiger partial charge on any atom is 0.337 e. The summed E-state index contributed by atoms with van der Waals surface area (Å²) in [6, 6.07) is 11.1. The molecule has 3 rings (SSSR count). The van der Waals surface area contributed by atoms with Crippen LogP contribution in [-0.2, 0) is 21.1 Å². The van der Waals surface area contributed by atoms with Crippen molar-refractivity contribution < 1.29 is 22.7 Å². The number of rotatable bonds is 5. The number of thiazole rings is 1. The highest BCUT2D eigenvalue weighted by Crippen LogP contribution is 2.21. The van der Waals surface area contributed by atoms with Crippen molar-refractivity contribution in [2.75, 3.05) is 7.11 Å². The summed E-state index contributed by atoms with van der Waals surface area (Å²) in [4.78, 5) is 29.4. The highest BCUT2D eigenvalue weighted by atomic mass is 32.2. The van der Waals surface area contributed by atoms with Crippen LogP contribution in [-0.4, -0.2) is 37.2 Å². The number of esters is 1. The summed E-state index contributed by atoms with van der Waals surface area (Å²) in [7, 11) is -2.18. The molecule has 0 aliphatic heterocycles. The Balaban J connectivity index is 2.08. The Labute approximate surface area is 178 Å². The van der Waals surface area contributed by atoms with E-state index in [0.717, 1.165) is 10.2 Å². The summed E-state index contributed by atoms with van der Waals surface area (Å²) in [6.07, 6.45) is 0. The van der Waals surface area contributed by atoms with Gasteiger partial charge in [-0.2, -0.15) is 4.99 Å². The van der Waals surface area contributed by atoms with Gasteiger partial charge < -0.3 is 9.30 Å². The molecular formula is C21H22N2O5S2. The Kier molecular flexibility index (Phi) is 6.23. The van der Waals surface area contributed by atoms with Crippen LogP contribution in [0.5, 0.6) is 0 Å². The first kappa shape index (κ1) is 21.9. The minimum Gasteiger partial charge on any atom is -0.465 e. The number of ether oxygens (including phenoxy) is 1. The van der Waals surface area contributed by atoms with Gasteiger partial charge in [-0.15, -0.1) is 0 Å². The number of fused-ring (bicyclic) bond motifs is 1. The van der Waals surface area contributed by atoms with Gasteiger partial charge in [0.2, 0.25) is 0 Å². The van der Waals surface area contributed by atoms with Gasteiger partial charge in [0, 0.05) is 12.1 Å². The van der Waals surface area contributed by atoms with Crippen molar-refractivity contribution in [1.29, 1.82) is 0 Å². The maximum absolute atomic E-state index is 12.8. The van der Waals surface area contributed by atoms with Gasteiger partial charge in [-0.25, -0.2) is 13.2 Å². The zero-order chi connectivity index (χ0) is 22.1. The second-order valence-electron chi connectivity index (χ2n) is 6.84. The minimum absolute atomic E-state index is 0.0981. The largest absolute Gasteiger partial charge is 0.465 e. The fourth-order valence-electron chi connectivity index (χ4n) is 2.94. The number of aryl methyl sites for hydroxylation is 1. The third-order valence-corrected chi connectivity index (χ3v) is 7.84. The summed E-state index contributed by atoms with van der Waals surface area (Å²) < 4.78 is 32.2. The molecule has 0 radical (unpaired) electrons.